The van der Waals surface area contributed by atoms with E-state index in [4.69, 9.17) is 11.6 Å². The van der Waals surface area contributed by atoms with Gasteiger partial charge >= 0.3 is 0 Å². The molecule has 0 amide bonds. The summed E-state index contributed by atoms with van der Waals surface area (Å²) >= 11 is 9.71. The second-order valence-corrected chi connectivity index (χ2v) is 5.82. The highest BCUT2D eigenvalue weighted by Crippen LogP contribution is 2.26. The quantitative estimate of drug-likeness (QED) is 0.931. The minimum Gasteiger partial charge on any atom is -0.310 e. The van der Waals surface area contributed by atoms with Crippen LogP contribution in [-0.2, 0) is 6.54 Å². The summed E-state index contributed by atoms with van der Waals surface area (Å²) in [5, 5.41) is 8.59. The van der Waals surface area contributed by atoms with Gasteiger partial charge in [0.15, 0.2) is 0 Å². The predicted octanol–water partition coefficient (Wildman–Crippen LogP) is 3.54. The molecule has 0 atom stereocenters. The molecule has 1 aliphatic rings. The van der Waals surface area contributed by atoms with Crippen molar-refractivity contribution in [2.75, 3.05) is 0 Å². The van der Waals surface area contributed by atoms with Crippen molar-refractivity contribution in [1.82, 2.24) is 15.1 Å². The third kappa shape index (κ3) is 2.60. The van der Waals surface area contributed by atoms with Crippen molar-refractivity contribution in [3.05, 3.63) is 45.7 Å². The van der Waals surface area contributed by atoms with E-state index in [0.717, 1.165) is 27.3 Å². The smallest absolute Gasteiger partial charge is 0.0705 e. The molecule has 1 aliphatic carbocycles. The van der Waals surface area contributed by atoms with Crippen molar-refractivity contribution in [2.24, 2.45) is 0 Å². The molecule has 0 aliphatic heterocycles. The van der Waals surface area contributed by atoms with Gasteiger partial charge in [-0.05, 0) is 40.9 Å². The Morgan fingerprint density at radius 3 is 2.94 bits per heavy atom. The molecule has 1 saturated carbocycles. The largest absolute Gasteiger partial charge is 0.310 e. The van der Waals surface area contributed by atoms with Crippen molar-refractivity contribution < 1.29 is 0 Å². The summed E-state index contributed by atoms with van der Waals surface area (Å²) < 4.78 is 2.81. The lowest BCUT2D eigenvalue weighted by Gasteiger charge is -2.12. The Hall–Kier alpha value is -0.840. The van der Waals surface area contributed by atoms with Gasteiger partial charge in [-0.3, -0.25) is 0 Å². The van der Waals surface area contributed by atoms with E-state index in [2.05, 4.69) is 26.3 Å². The van der Waals surface area contributed by atoms with Crippen LogP contribution < -0.4 is 5.32 Å². The average molecular weight is 327 g/mol. The van der Waals surface area contributed by atoms with Crippen molar-refractivity contribution in [3.63, 3.8) is 0 Å². The van der Waals surface area contributed by atoms with Gasteiger partial charge in [0.2, 0.25) is 0 Å². The van der Waals surface area contributed by atoms with Crippen LogP contribution >= 0.6 is 27.5 Å². The lowest BCUT2D eigenvalue weighted by atomic mass is 10.1. The highest BCUT2D eigenvalue weighted by atomic mass is 79.9. The van der Waals surface area contributed by atoms with E-state index in [-0.39, 0.29) is 0 Å². The van der Waals surface area contributed by atoms with E-state index in [9.17, 15) is 0 Å². The molecular weight excluding hydrogens is 314 g/mol. The fraction of sp³-hybridized carbons (Fsp3) is 0.308. The number of hydrogen-bond donors (Lipinski definition) is 1. The maximum absolute atomic E-state index is 6.30. The maximum Gasteiger partial charge on any atom is 0.0705 e. The molecule has 5 heteroatoms. The molecule has 2 aromatic rings. The number of aromatic nitrogens is 2. The third-order valence-electron chi connectivity index (χ3n) is 3.04. The van der Waals surface area contributed by atoms with Crippen LogP contribution in [0.15, 0.2) is 35.1 Å². The van der Waals surface area contributed by atoms with E-state index < -0.39 is 0 Å². The summed E-state index contributed by atoms with van der Waals surface area (Å²) in [6.45, 7) is 0.789. The van der Waals surface area contributed by atoms with Crippen LogP contribution in [0.25, 0.3) is 5.69 Å². The molecule has 3 rings (SSSR count). The Morgan fingerprint density at radius 2 is 2.28 bits per heavy atom. The Morgan fingerprint density at radius 1 is 1.44 bits per heavy atom. The third-order valence-corrected chi connectivity index (χ3v) is 3.80. The second-order valence-electron chi connectivity index (χ2n) is 4.50. The molecule has 3 nitrogen and oxygen atoms in total. The summed E-state index contributed by atoms with van der Waals surface area (Å²) in [5.74, 6) is 0. The molecule has 1 N–H and O–H groups in total. The van der Waals surface area contributed by atoms with Gasteiger partial charge in [0.05, 0.1) is 16.4 Å². The molecule has 0 radical (unpaired) electrons. The minimum atomic E-state index is 0.665. The standard InChI is InChI=1S/C13H13BrClN3/c14-9-6-17-18(8-9)13-3-1-2-12(15)11(13)7-16-10-4-5-10/h1-3,6,8,10,16H,4-5,7H2. The molecule has 1 aromatic carbocycles. The lowest BCUT2D eigenvalue weighted by Crippen LogP contribution is -2.17. The number of halogens is 2. The molecule has 1 fully saturated rings. The van der Waals surface area contributed by atoms with Gasteiger partial charge < -0.3 is 5.32 Å². The van der Waals surface area contributed by atoms with E-state index in [1.807, 2.05) is 29.1 Å². The normalized spacial score (nSPS) is 15.0. The van der Waals surface area contributed by atoms with Gasteiger partial charge in [-0.25, -0.2) is 4.68 Å². The number of benzene rings is 1. The molecule has 0 spiro atoms. The van der Waals surface area contributed by atoms with Gasteiger partial charge in [0.1, 0.15) is 0 Å². The Labute approximate surface area is 119 Å². The van der Waals surface area contributed by atoms with Crippen molar-refractivity contribution in [1.29, 1.82) is 0 Å². The highest BCUT2D eigenvalue weighted by molar-refractivity contribution is 9.10. The van der Waals surface area contributed by atoms with E-state index in [1.165, 1.54) is 12.8 Å². The average Bonchev–Trinajstić information content (AvgIpc) is 3.08. The number of nitrogens with zero attached hydrogens (tertiary/aromatic N) is 2. The molecular formula is C13H13BrClN3. The highest BCUT2D eigenvalue weighted by Gasteiger charge is 2.21. The van der Waals surface area contributed by atoms with Crippen LogP contribution in [0.4, 0.5) is 0 Å². The van der Waals surface area contributed by atoms with Gasteiger partial charge in [0.25, 0.3) is 0 Å². The van der Waals surface area contributed by atoms with Gasteiger partial charge in [-0.15, -0.1) is 0 Å². The molecule has 94 valence electrons. The predicted molar refractivity (Wildman–Crippen MR) is 76.1 cm³/mol. The molecule has 1 aromatic heterocycles. The van der Waals surface area contributed by atoms with Crippen LogP contribution in [-0.4, -0.2) is 15.8 Å². The first-order valence-corrected chi connectivity index (χ1v) is 7.12. The zero-order chi connectivity index (χ0) is 12.5. The molecule has 0 saturated heterocycles. The van der Waals surface area contributed by atoms with Gasteiger partial charge in [-0.1, -0.05) is 17.7 Å². The maximum atomic E-state index is 6.30. The second kappa shape index (κ2) is 5.03. The van der Waals surface area contributed by atoms with Crippen LogP contribution in [0.2, 0.25) is 5.02 Å². The van der Waals surface area contributed by atoms with Gasteiger partial charge in [0, 0.05) is 29.4 Å². The van der Waals surface area contributed by atoms with Crippen LogP contribution in [0.3, 0.4) is 0 Å². The van der Waals surface area contributed by atoms with Crippen LogP contribution in [0.1, 0.15) is 18.4 Å². The first-order valence-electron chi connectivity index (χ1n) is 5.95. The van der Waals surface area contributed by atoms with Crippen molar-refractivity contribution >= 4 is 27.5 Å². The summed E-state index contributed by atoms with van der Waals surface area (Å²) in [7, 11) is 0. The summed E-state index contributed by atoms with van der Waals surface area (Å²) in [5.41, 5.74) is 2.13. The fourth-order valence-corrected chi connectivity index (χ4v) is 2.43. The van der Waals surface area contributed by atoms with Crippen molar-refractivity contribution in [3.8, 4) is 5.69 Å². The van der Waals surface area contributed by atoms with Crippen molar-refractivity contribution in [2.45, 2.75) is 25.4 Å². The summed E-state index contributed by atoms with van der Waals surface area (Å²) in [4.78, 5) is 0. The lowest BCUT2D eigenvalue weighted by molar-refractivity contribution is 0.681. The zero-order valence-electron chi connectivity index (χ0n) is 9.74. The number of hydrogen-bond acceptors (Lipinski definition) is 2. The van der Waals surface area contributed by atoms with Crippen LogP contribution in [0, 0.1) is 0 Å². The van der Waals surface area contributed by atoms with E-state index in [1.54, 1.807) is 6.20 Å². The Balaban J connectivity index is 1.93. The fourth-order valence-electron chi connectivity index (χ4n) is 1.90. The van der Waals surface area contributed by atoms with Crippen LogP contribution in [0.5, 0.6) is 0 Å². The molecule has 18 heavy (non-hydrogen) atoms. The number of rotatable bonds is 4. The topological polar surface area (TPSA) is 29.9 Å². The van der Waals surface area contributed by atoms with Gasteiger partial charge in [-0.2, -0.15) is 5.10 Å². The number of nitrogens with one attached hydrogen (secondary N) is 1. The summed E-state index contributed by atoms with van der Waals surface area (Å²) in [6, 6.07) is 6.58. The molecule has 1 heterocycles. The molecule has 0 bridgehead atoms. The van der Waals surface area contributed by atoms with E-state index >= 15 is 0 Å². The monoisotopic (exact) mass is 325 g/mol. The summed E-state index contributed by atoms with van der Waals surface area (Å²) in [6.07, 6.45) is 6.26. The minimum absolute atomic E-state index is 0.665. The van der Waals surface area contributed by atoms with E-state index in [0.29, 0.717) is 6.04 Å². The zero-order valence-corrected chi connectivity index (χ0v) is 12.1. The SMILES string of the molecule is Clc1cccc(-n2cc(Br)cn2)c1CNC1CC1. The molecule has 0 unspecified atom stereocenters. The first-order chi connectivity index (χ1) is 8.74. The Bertz CT molecular complexity index is 563. The Kier molecular flexibility index (Phi) is 3.41. The first kappa shape index (κ1) is 12.2.